The van der Waals surface area contributed by atoms with Gasteiger partial charge in [0.1, 0.15) is 18.2 Å². The van der Waals surface area contributed by atoms with Crippen LogP contribution in [0.3, 0.4) is 0 Å². The molecule has 1 heterocycles. The van der Waals surface area contributed by atoms with Gasteiger partial charge in [0.05, 0.1) is 5.16 Å². The highest BCUT2D eigenvalue weighted by Crippen LogP contribution is 2.44. The van der Waals surface area contributed by atoms with Gasteiger partial charge in [0.25, 0.3) is 0 Å². The molecule has 9 heteroatoms. The van der Waals surface area contributed by atoms with Gasteiger partial charge >= 0.3 is 11.7 Å². The van der Waals surface area contributed by atoms with Crippen LogP contribution in [-0.4, -0.2) is 36.4 Å². The molecule has 202 valence electrons. The van der Waals surface area contributed by atoms with Gasteiger partial charge in [-0.25, -0.2) is 14.6 Å². The molecule has 0 bridgehead atoms. The lowest BCUT2D eigenvalue weighted by atomic mass is 9.98. The number of aryl methyl sites for hydroxylation is 1. The molecule has 5 rings (SSSR count). The van der Waals surface area contributed by atoms with E-state index >= 15 is 0 Å². The summed E-state index contributed by atoms with van der Waals surface area (Å²) in [6, 6.07) is 21.7. The number of nitrogens with one attached hydrogen (secondary N) is 2. The van der Waals surface area contributed by atoms with Gasteiger partial charge in [-0.05, 0) is 71.9 Å². The molecule has 0 aliphatic heterocycles. The molecule has 2 N–H and O–H groups in total. The highest BCUT2D eigenvalue weighted by Gasteiger charge is 2.30. The minimum atomic E-state index is -0.892. The van der Waals surface area contributed by atoms with Crippen LogP contribution in [0.25, 0.3) is 22.1 Å². The van der Waals surface area contributed by atoms with Crippen molar-refractivity contribution in [1.29, 1.82) is 0 Å². The zero-order chi connectivity index (χ0) is 28.1. The summed E-state index contributed by atoms with van der Waals surface area (Å²) in [6.45, 7) is 2.32. The largest absolute Gasteiger partial charge is 0.449 e. The van der Waals surface area contributed by atoms with Gasteiger partial charge in [0, 0.05) is 35.7 Å². The van der Waals surface area contributed by atoms with E-state index in [1.807, 2.05) is 43.3 Å². The van der Waals surface area contributed by atoms with Crippen molar-refractivity contribution in [2.24, 2.45) is 4.99 Å². The molecule has 2 amide bonds. The maximum Gasteiger partial charge on any atom is 0.407 e. The summed E-state index contributed by atoms with van der Waals surface area (Å²) in [5.74, 6) is -0.535. The third kappa shape index (κ3) is 5.86. The fourth-order valence-corrected chi connectivity index (χ4v) is 5.19. The Morgan fingerprint density at radius 3 is 2.45 bits per heavy atom. The normalized spacial score (nSPS) is 12.6. The van der Waals surface area contributed by atoms with Crippen LogP contribution in [0.2, 0.25) is 0 Å². The second-order valence-electron chi connectivity index (χ2n) is 9.59. The lowest BCUT2D eigenvalue weighted by molar-refractivity contribution is -0.118. The number of rotatable bonds is 9. The zero-order valence-electron chi connectivity index (χ0n) is 21.8. The van der Waals surface area contributed by atoms with Crippen LogP contribution in [0, 0.1) is 6.92 Å². The van der Waals surface area contributed by atoms with Crippen LogP contribution in [-0.2, 0) is 9.53 Å². The summed E-state index contributed by atoms with van der Waals surface area (Å²) < 4.78 is 10.9. The van der Waals surface area contributed by atoms with E-state index in [4.69, 9.17) is 9.15 Å². The van der Waals surface area contributed by atoms with Gasteiger partial charge in [0.15, 0.2) is 0 Å². The van der Waals surface area contributed by atoms with Crippen LogP contribution >= 0.6 is 12.2 Å². The fourth-order valence-electron chi connectivity index (χ4n) is 5.10. The van der Waals surface area contributed by atoms with Gasteiger partial charge in [-0.15, -0.1) is 0 Å². The lowest BCUT2D eigenvalue weighted by Crippen LogP contribution is -2.44. The quantitative estimate of drug-likeness (QED) is 0.117. The lowest BCUT2D eigenvalue weighted by Gasteiger charge is -2.20. The van der Waals surface area contributed by atoms with Gasteiger partial charge in [-0.1, -0.05) is 48.5 Å². The second kappa shape index (κ2) is 12.1. The van der Waals surface area contributed by atoms with Crippen molar-refractivity contribution in [2.45, 2.75) is 31.7 Å². The number of ether oxygens (including phenoxy) is 1. The van der Waals surface area contributed by atoms with E-state index in [2.05, 4.69) is 45.1 Å². The Hall–Kier alpha value is -4.59. The number of fused-ring (bicyclic) bond motifs is 4. The number of amides is 2. The first-order valence-electron chi connectivity index (χ1n) is 12.9. The number of hydrogen-bond donors (Lipinski definition) is 2. The van der Waals surface area contributed by atoms with Gasteiger partial charge in [0.2, 0.25) is 5.91 Å². The van der Waals surface area contributed by atoms with Crippen LogP contribution in [0.1, 0.15) is 35.4 Å². The molecule has 0 spiro atoms. The molecule has 0 radical (unpaired) electrons. The molecule has 40 heavy (non-hydrogen) atoms. The Bertz CT molecular complexity index is 1650. The SMILES string of the molecule is Cc1cc(=O)oc2cc(NC(=O)[C@H](CCCN=C=S)NC(=O)OCC3c4ccccc4-c4ccccc43)ccc12. The molecule has 0 fully saturated rings. The Balaban J connectivity index is 1.28. The Kier molecular flexibility index (Phi) is 8.15. The number of benzene rings is 3. The summed E-state index contributed by atoms with van der Waals surface area (Å²) in [7, 11) is 0. The van der Waals surface area contributed by atoms with Crippen LogP contribution in [0.15, 0.2) is 87.0 Å². The third-order valence-corrected chi connectivity index (χ3v) is 7.13. The summed E-state index contributed by atoms with van der Waals surface area (Å²) in [4.78, 5) is 41.8. The maximum absolute atomic E-state index is 13.2. The van der Waals surface area contributed by atoms with Crippen molar-refractivity contribution in [2.75, 3.05) is 18.5 Å². The second-order valence-corrected chi connectivity index (χ2v) is 9.77. The number of carbonyl (C=O) groups excluding carboxylic acids is 2. The summed E-state index contributed by atoms with van der Waals surface area (Å²) >= 11 is 4.62. The Labute approximate surface area is 236 Å². The van der Waals surface area contributed by atoms with E-state index in [9.17, 15) is 14.4 Å². The van der Waals surface area contributed by atoms with E-state index in [1.165, 1.54) is 6.07 Å². The molecule has 1 atom stereocenters. The third-order valence-electron chi connectivity index (χ3n) is 7.00. The van der Waals surface area contributed by atoms with Crippen molar-refractivity contribution in [3.8, 4) is 11.1 Å². The van der Waals surface area contributed by atoms with Gasteiger partial charge in [-0.2, -0.15) is 0 Å². The van der Waals surface area contributed by atoms with E-state index in [1.54, 1.807) is 18.2 Å². The van der Waals surface area contributed by atoms with Crippen molar-refractivity contribution in [3.05, 3.63) is 99.9 Å². The van der Waals surface area contributed by atoms with Crippen LogP contribution < -0.4 is 16.3 Å². The smallest absolute Gasteiger partial charge is 0.407 e. The van der Waals surface area contributed by atoms with Gasteiger partial charge in [-0.3, -0.25) is 4.79 Å². The Morgan fingerprint density at radius 1 is 1.05 bits per heavy atom. The first kappa shape index (κ1) is 27.0. The topological polar surface area (TPSA) is 110 Å². The Morgan fingerprint density at radius 2 is 1.75 bits per heavy atom. The highest BCUT2D eigenvalue weighted by atomic mass is 32.1. The van der Waals surface area contributed by atoms with E-state index in [0.717, 1.165) is 33.2 Å². The van der Waals surface area contributed by atoms with Crippen LogP contribution in [0.5, 0.6) is 0 Å². The highest BCUT2D eigenvalue weighted by molar-refractivity contribution is 7.78. The molecule has 1 aromatic heterocycles. The zero-order valence-corrected chi connectivity index (χ0v) is 22.6. The van der Waals surface area contributed by atoms with E-state index in [-0.39, 0.29) is 12.5 Å². The molecule has 1 aliphatic carbocycles. The predicted octanol–water partition coefficient (Wildman–Crippen LogP) is 5.83. The minimum absolute atomic E-state index is 0.0990. The standard InChI is InChI=1S/C31H27N3O5S/c1-19-15-29(35)39-28-16-20(12-13-21(19)28)33-30(36)27(11-6-14-32-18-40)34-31(37)38-17-26-24-9-4-2-7-22(24)23-8-3-5-10-25(23)26/h2-5,7-10,12-13,15-16,26-27H,6,11,14,17H2,1H3,(H,33,36)(H,34,37)/t27-/m0/s1. The average molecular weight is 554 g/mol. The number of thiocarbonyl (C=S) groups is 1. The summed E-state index contributed by atoms with van der Waals surface area (Å²) in [6.07, 6.45) is 0.107. The van der Waals surface area contributed by atoms with E-state index < -0.39 is 23.7 Å². The molecule has 0 saturated carbocycles. The molecule has 1 aliphatic rings. The molecular weight excluding hydrogens is 526 g/mol. The van der Waals surface area contributed by atoms with E-state index in [0.29, 0.717) is 30.7 Å². The maximum atomic E-state index is 13.2. The van der Waals surface area contributed by atoms with Crippen LogP contribution in [0.4, 0.5) is 10.5 Å². The number of hydrogen-bond acceptors (Lipinski definition) is 7. The molecule has 0 unspecified atom stereocenters. The monoisotopic (exact) mass is 553 g/mol. The molecule has 8 nitrogen and oxygen atoms in total. The number of alkyl carbamates (subject to hydrolysis) is 1. The molecule has 3 aromatic carbocycles. The minimum Gasteiger partial charge on any atom is -0.449 e. The number of aliphatic imine (C=N–C) groups is 1. The van der Waals surface area contributed by atoms with Gasteiger partial charge < -0.3 is 19.8 Å². The fraction of sp³-hybridized carbons (Fsp3) is 0.226. The summed E-state index contributed by atoms with van der Waals surface area (Å²) in [5.41, 5.74) is 5.56. The first-order chi connectivity index (χ1) is 19.4. The van der Waals surface area contributed by atoms with Crippen molar-refractivity contribution < 1.29 is 18.7 Å². The number of nitrogens with zero attached hydrogens (tertiary/aromatic N) is 1. The van der Waals surface area contributed by atoms with Crippen molar-refractivity contribution in [1.82, 2.24) is 5.32 Å². The molecule has 4 aromatic rings. The predicted molar refractivity (Wildman–Crippen MR) is 157 cm³/mol. The molecule has 0 saturated heterocycles. The number of isothiocyanates is 1. The molecular formula is C31H27N3O5S. The summed E-state index contributed by atoms with van der Waals surface area (Å²) in [5, 5.41) is 8.58. The first-order valence-corrected chi connectivity index (χ1v) is 13.4. The van der Waals surface area contributed by atoms with Crippen molar-refractivity contribution >= 4 is 46.0 Å². The number of carbonyl (C=O) groups is 2. The van der Waals surface area contributed by atoms with Crippen molar-refractivity contribution in [3.63, 3.8) is 0 Å². The average Bonchev–Trinajstić information content (AvgIpc) is 3.27. The number of anilines is 1.